The van der Waals surface area contributed by atoms with Crippen molar-refractivity contribution >= 4 is 11.8 Å². The Hall–Kier alpha value is -1.97. The number of urea groups is 1. The average Bonchev–Trinajstić information content (AvgIpc) is 2.69. The number of hydrogen-bond acceptors (Lipinski definition) is 4. The van der Waals surface area contributed by atoms with Crippen LogP contribution in [0.3, 0.4) is 0 Å². The first-order valence-corrected chi connectivity index (χ1v) is 6.71. The van der Waals surface area contributed by atoms with Gasteiger partial charge in [-0.15, -0.1) is 0 Å². The highest BCUT2D eigenvalue weighted by Gasteiger charge is 2.59. The minimum absolute atomic E-state index is 0.156. The van der Waals surface area contributed by atoms with Gasteiger partial charge in [0.05, 0.1) is 5.69 Å². The van der Waals surface area contributed by atoms with E-state index in [4.69, 9.17) is 0 Å². The van der Waals surface area contributed by atoms with Gasteiger partial charge in [-0.25, -0.2) is 19.7 Å². The maximum absolute atomic E-state index is 13.1. The molecule has 6 nitrogen and oxygen atoms in total. The van der Waals surface area contributed by atoms with Gasteiger partial charge in [0.2, 0.25) is 6.23 Å². The summed E-state index contributed by atoms with van der Waals surface area (Å²) in [5, 5.41) is 0. The maximum Gasteiger partial charge on any atom is 0.413 e. The molecule has 128 valence electrons. The Labute approximate surface area is 130 Å². The molecule has 10 heteroatoms. The summed E-state index contributed by atoms with van der Waals surface area (Å²) >= 11 is 0. The summed E-state index contributed by atoms with van der Waals surface area (Å²) in [5.74, 6) is -0.156. The zero-order valence-electron chi connectivity index (χ0n) is 12.9. The van der Waals surface area contributed by atoms with Crippen molar-refractivity contribution in [3.63, 3.8) is 0 Å². The lowest BCUT2D eigenvalue weighted by Gasteiger charge is -2.25. The number of anilines is 1. The average molecular weight is 336 g/mol. The van der Waals surface area contributed by atoms with E-state index in [0.29, 0.717) is 15.5 Å². The van der Waals surface area contributed by atoms with E-state index in [0.717, 1.165) is 13.4 Å². The van der Waals surface area contributed by atoms with Crippen LogP contribution < -0.4 is 4.90 Å². The smallest absolute Gasteiger partial charge is 0.311 e. The third kappa shape index (κ3) is 3.07. The third-order valence-corrected chi connectivity index (χ3v) is 3.54. The van der Waals surface area contributed by atoms with Crippen molar-refractivity contribution in [2.24, 2.45) is 0 Å². The number of alkyl halides is 3. The van der Waals surface area contributed by atoms with Gasteiger partial charge in [-0.3, -0.25) is 0 Å². The van der Waals surface area contributed by atoms with E-state index in [-0.39, 0.29) is 5.82 Å². The molecule has 0 saturated carbocycles. The number of aromatic nitrogens is 2. The summed E-state index contributed by atoms with van der Waals surface area (Å²) < 4.78 is 52.1. The van der Waals surface area contributed by atoms with E-state index in [1.807, 2.05) is 20.8 Å². The van der Waals surface area contributed by atoms with Gasteiger partial charge in [0, 0.05) is 18.5 Å². The second-order valence-corrected chi connectivity index (χ2v) is 6.24. The quantitative estimate of drug-likeness (QED) is 0.779. The number of nitrogens with zero attached hydrogens (tertiary/aromatic N) is 4. The van der Waals surface area contributed by atoms with Gasteiger partial charge in [-0.05, 0) is 4.53 Å². The zero-order valence-corrected chi connectivity index (χ0v) is 12.9. The van der Waals surface area contributed by atoms with Crippen LogP contribution >= 0.6 is 0 Å². The summed E-state index contributed by atoms with van der Waals surface area (Å²) in [6, 6.07) is -2.15. The minimum Gasteiger partial charge on any atom is -0.311 e. The number of amides is 2. The SMILES string of the molecule is CN1C(=O)N(c2cc(C(C)(C)C)ncn2)C(OF)C1C(F)(F)F. The van der Waals surface area contributed by atoms with Crippen LogP contribution in [-0.2, 0) is 10.4 Å². The van der Waals surface area contributed by atoms with Crippen molar-refractivity contribution in [1.82, 2.24) is 14.9 Å². The highest BCUT2D eigenvalue weighted by Crippen LogP contribution is 2.37. The van der Waals surface area contributed by atoms with Crippen LogP contribution in [0.25, 0.3) is 0 Å². The first-order valence-electron chi connectivity index (χ1n) is 6.71. The van der Waals surface area contributed by atoms with Crippen LogP contribution in [0.5, 0.6) is 0 Å². The van der Waals surface area contributed by atoms with Crippen molar-refractivity contribution in [3.8, 4) is 0 Å². The molecule has 2 rings (SSSR count). The molecule has 0 aromatic carbocycles. The fourth-order valence-electron chi connectivity index (χ4n) is 2.32. The lowest BCUT2D eigenvalue weighted by molar-refractivity contribution is -0.244. The fourth-order valence-corrected chi connectivity index (χ4v) is 2.32. The summed E-state index contributed by atoms with van der Waals surface area (Å²) in [6.07, 6.45) is -5.91. The predicted molar refractivity (Wildman–Crippen MR) is 72.2 cm³/mol. The third-order valence-electron chi connectivity index (χ3n) is 3.54. The number of carbonyl (C=O) groups is 1. The minimum atomic E-state index is -4.85. The first kappa shape index (κ1) is 17.4. The molecule has 1 aliphatic rings. The van der Waals surface area contributed by atoms with Crippen molar-refractivity contribution in [2.75, 3.05) is 11.9 Å². The van der Waals surface area contributed by atoms with E-state index in [1.54, 1.807) is 0 Å². The monoisotopic (exact) mass is 336 g/mol. The molecule has 0 spiro atoms. The second kappa shape index (κ2) is 5.59. The standard InChI is InChI=1S/C13H16F4N4O2/c1-12(2,3)7-5-8(19-6-18-7)21-10(23-17)9(13(14,15)16)20(4)11(21)22/h5-6,9-10H,1-4H3. The molecule has 1 aromatic heterocycles. The van der Waals surface area contributed by atoms with Gasteiger partial charge in [0.1, 0.15) is 12.1 Å². The molecule has 0 N–H and O–H groups in total. The zero-order chi connectivity index (χ0) is 17.6. The van der Waals surface area contributed by atoms with Gasteiger partial charge < -0.3 is 4.90 Å². The second-order valence-electron chi connectivity index (χ2n) is 6.24. The summed E-state index contributed by atoms with van der Waals surface area (Å²) in [4.78, 5) is 24.3. The molecule has 2 amide bonds. The van der Waals surface area contributed by atoms with E-state index >= 15 is 0 Å². The molecule has 1 fully saturated rings. The number of halogens is 4. The van der Waals surface area contributed by atoms with E-state index in [1.165, 1.54) is 6.07 Å². The lowest BCUT2D eigenvalue weighted by atomic mass is 9.92. The molecule has 1 aromatic rings. The molecule has 1 saturated heterocycles. The number of carbonyl (C=O) groups excluding carboxylic acids is 1. The van der Waals surface area contributed by atoms with Gasteiger partial charge >= 0.3 is 12.2 Å². The highest BCUT2D eigenvalue weighted by molar-refractivity contribution is 5.94. The number of likely N-dealkylation sites (N-methyl/N-ethyl adjacent to an activating group) is 1. The Morgan fingerprint density at radius 2 is 1.83 bits per heavy atom. The van der Waals surface area contributed by atoms with Gasteiger partial charge in [0.15, 0.2) is 6.04 Å². The van der Waals surface area contributed by atoms with Crippen LogP contribution in [-0.4, -0.2) is 46.4 Å². The molecule has 23 heavy (non-hydrogen) atoms. The predicted octanol–water partition coefficient (Wildman–Crippen LogP) is 2.80. The summed E-state index contributed by atoms with van der Waals surface area (Å²) in [7, 11) is 0.929. The summed E-state index contributed by atoms with van der Waals surface area (Å²) in [5.41, 5.74) is 0.0630. The Morgan fingerprint density at radius 3 is 2.30 bits per heavy atom. The molecule has 2 unspecified atom stereocenters. The molecule has 0 aliphatic carbocycles. The maximum atomic E-state index is 13.1. The van der Waals surface area contributed by atoms with Crippen molar-refractivity contribution < 1.29 is 27.4 Å². The van der Waals surface area contributed by atoms with Crippen LogP contribution in [0.4, 0.5) is 28.3 Å². The molecular weight excluding hydrogens is 320 g/mol. The Kier molecular flexibility index (Phi) is 4.22. The Morgan fingerprint density at radius 1 is 1.22 bits per heavy atom. The topological polar surface area (TPSA) is 58.6 Å². The van der Waals surface area contributed by atoms with Crippen LogP contribution in [0.1, 0.15) is 26.5 Å². The van der Waals surface area contributed by atoms with E-state index in [9.17, 15) is 22.5 Å². The lowest BCUT2D eigenvalue weighted by Crippen LogP contribution is -2.47. The normalized spacial score (nSPS) is 22.9. The van der Waals surface area contributed by atoms with E-state index < -0.39 is 29.9 Å². The summed E-state index contributed by atoms with van der Waals surface area (Å²) in [6.45, 7) is 5.50. The van der Waals surface area contributed by atoms with Crippen molar-refractivity contribution in [3.05, 3.63) is 18.1 Å². The molecule has 2 atom stereocenters. The fraction of sp³-hybridized carbons (Fsp3) is 0.615. The van der Waals surface area contributed by atoms with Crippen LogP contribution in [0.2, 0.25) is 0 Å². The van der Waals surface area contributed by atoms with Gasteiger partial charge in [-0.2, -0.15) is 18.1 Å². The van der Waals surface area contributed by atoms with E-state index in [2.05, 4.69) is 14.9 Å². The number of hydrogen-bond donors (Lipinski definition) is 0. The number of rotatable bonds is 2. The van der Waals surface area contributed by atoms with Gasteiger partial charge in [0.25, 0.3) is 0 Å². The molecule has 2 heterocycles. The molecule has 1 aliphatic heterocycles. The molecule has 0 radical (unpaired) electrons. The highest BCUT2D eigenvalue weighted by atomic mass is 19.4. The van der Waals surface area contributed by atoms with Crippen LogP contribution in [0.15, 0.2) is 12.4 Å². The largest absolute Gasteiger partial charge is 0.413 e. The van der Waals surface area contributed by atoms with Crippen LogP contribution in [0, 0.1) is 0 Å². The van der Waals surface area contributed by atoms with Crippen molar-refractivity contribution in [2.45, 2.75) is 44.6 Å². The Balaban J connectivity index is 2.48. The van der Waals surface area contributed by atoms with Gasteiger partial charge in [-0.1, -0.05) is 20.8 Å². The Bertz CT molecular complexity index is 602. The molecular formula is C13H16F4N4O2. The van der Waals surface area contributed by atoms with Crippen molar-refractivity contribution in [1.29, 1.82) is 0 Å². The first-order chi connectivity index (χ1) is 10.5. The molecule has 0 bridgehead atoms.